The first kappa shape index (κ1) is 15.4. The Balaban J connectivity index is 2.08. The number of tetrazole rings is 1. The van der Waals surface area contributed by atoms with Gasteiger partial charge in [0, 0.05) is 6.54 Å². The van der Waals surface area contributed by atoms with Crippen LogP contribution in [0.3, 0.4) is 0 Å². The van der Waals surface area contributed by atoms with Crippen molar-refractivity contribution in [2.24, 2.45) is 5.73 Å². The Hall–Kier alpha value is -2.04. The van der Waals surface area contributed by atoms with Gasteiger partial charge in [0.05, 0.1) is 10.9 Å². The topological polar surface area (TPSA) is 136 Å². The maximum Gasteiger partial charge on any atom is 0.241 e. The lowest BCUT2D eigenvalue weighted by Crippen LogP contribution is -2.27. The van der Waals surface area contributed by atoms with Gasteiger partial charge in [-0.3, -0.25) is 0 Å². The van der Waals surface area contributed by atoms with Crippen LogP contribution in [0.25, 0.3) is 0 Å². The van der Waals surface area contributed by atoms with Gasteiger partial charge in [0.1, 0.15) is 12.4 Å². The highest BCUT2D eigenvalue weighted by molar-refractivity contribution is 7.89. The predicted molar refractivity (Wildman–Crippen MR) is 73.9 cm³/mol. The van der Waals surface area contributed by atoms with Crippen molar-refractivity contribution < 1.29 is 13.2 Å². The molecular formula is C11H16N6O3S. The number of nitrogens with one attached hydrogen (secondary N) is 2. The Labute approximate surface area is 121 Å². The quantitative estimate of drug-likeness (QED) is 0.631. The number of hydrogen-bond donors (Lipinski definition) is 3. The molecule has 0 saturated heterocycles. The number of nitrogens with two attached hydrogens (primary N) is 1. The molecule has 10 heteroatoms. The van der Waals surface area contributed by atoms with Crippen LogP contribution in [0.2, 0.25) is 0 Å². The van der Waals surface area contributed by atoms with E-state index in [-0.39, 0.29) is 10.7 Å². The number of aromatic nitrogens is 4. The molecule has 2 aromatic rings. The lowest BCUT2D eigenvalue weighted by molar-refractivity contribution is 0.328. The third-order valence-corrected chi connectivity index (χ3v) is 4.16. The Morgan fingerprint density at radius 3 is 2.67 bits per heavy atom. The van der Waals surface area contributed by atoms with Gasteiger partial charge in [0.2, 0.25) is 10.0 Å². The minimum absolute atomic E-state index is 0.123. The smallest absolute Gasteiger partial charge is 0.241 e. The van der Waals surface area contributed by atoms with E-state index in [0.717, 1.165) is 0 Å². The fourth-order valence-electron chi connectivity index (χ4n) is 1.60. The molecule has 4 N–H and O–H groups in total. The van der Waals surface area contributed by atoms with Gasteiger partial charge in [-0.2, -0.15) is 5.21 Å². The highest BCUT2D eigenvalue weighted by atomic mass is 32.2. The Morgan fingerprint density at radius 1 is 1.38 bits per heavy atom. The normalized spacial score (nSPS) is 13.0. The molecule has 0 aliphatic carbocycles. The van der Waals surface area contributed by atoms with Crippen LogP contribution in [-0.2, 0) is 10.0 Å². The molecular weight excluding hydrogens is 296 g/mol. The number of aromatic amines is 1. The molecule has 1 aromatic carbocycles. The van der Waals surface area contributed by atoms with Crippen LogP contribution in [0.5, 0.6) is 5.75 Å². The van der Waals surface area contributed by atoms with Crippen LogP contribution >= 0.6 is 0 Å². The SMILES string of the molecule is CC(NS(=O)(=O)c1ccc(OCCN)cc1)c1nn[nH]n1. The number of rotatable bonds is 7. The molecule has 0 radical (unpaired) electrons. The third-order valence-electron chi connectivity index (χ3n) is 2.60. The summed E-state index contributed by atoms with van der Waals surface area (Å²) in [4.78, 5) is 0.123. The van der Waals surface area contributed by atoms with E-state index in [9.17, 15) is 8.42 Å². The zero-order valence-corrected chi connectivity index (χ0v) is 12.2. The number of nitrogens with zero attached hydrogens (tertiary/aromatic N) is 3. The fourth-order valence-corrected chi connectivity index (χ4v) is 2.80. The molecule has 1 heterocycles. The van der Waals surface area contributed by atoms with Gasteiger partial charge in [-0.15, -0.1) is 10.2 Å². The van der Waals surface area contributed by atoms with Crippen LogP contribution < -0.4 is 15.2 Å². The molecule has 0 aliphatic heterocycles. The Kier molecular flexibility index (Phi) is 4.83. The summed E-state index contributed by atoms with van der Waals surface area (Å²) >= 11 is 0. The molecule has 1 aromatic heterocycles. The summed E-state index contributed by atoms with van der Waals surface area (Å²) in [6, 6.07) is 5.46. The molecule has 21 heavy (non-hydrogen) atoms. The van der Waals surface area contributed by atoms with Crippen molar-refractivity contribution in [2.45, 2.75) is 17.9 Å². The van der Waals surface area contributed by atoms with Crippen molar-refractivity contribution in [3.05, 3.63) is 30.1 Å². The van der Waals surface area contributed by atoms with E-state index >= 15 is 0 Å². The maximum atomic E-state index is 12.2. The van der Waals surface area contributed by atoms with Crippen LogP contribution in [-0.4, -0.2) is 42.2 Å². The molecule has 0 amide bonds. The molecule has 1 atom stereocenters. The van der Waals surface area contributed by atoms with Crippen LogP contribution in [0, 0.1) is 0 Å². The predicted octanol–water partition coefficient (Wildman–Crippen LogP) is -0.423. The van der Waals surface area contributed by atoms with Gasteiger partial charge in [0.15, 0.2) is 5.82 Å². The van der Waals surface area contributed by atoms with Crippen LogP contribution in [0.15, 0.2) is 29.2 Å². The van der Waals surface area contributed by atoms with E-state index in [0.29, 0.717) is 18.9 Å². The van der Waals surface area contributed by atoms with E-state index in [1.54, 1.807) is 19.1 Å². The van der Waals surface area contributed by atoms with E-state index in [1.807, 2.05) is 0 Å². The molecule has 0 spiro atoms. The zero-order valence-electron chi connectivity index (χ0n) is 11.4. The summed E-state index contributed by atoms with van der Waals surface area (Å²) in [6.45, 7) is 2.39. The molecule has 0 aliphatic rings. The molecule has 0 saturated carbocycles. The van der Waals surface area contributed by atoms with Crippen LogP contribution in [0.1, 0.15) is 18.8 Å². The first-order chi connectivity index (χ1) is 10.0. The second kappa shape index (κ2) is 6.61. The van der Waals surface area contributed by atoms with Crippen LogP contribution in [0.4, 0.5) is 0 Å². The Bertz CT molecular complexity index is 656. The molecule has 1 unspecified atom stereocenters. The van der Waals surface area contributed by atoms with Gasteiger partial charge >= 0.3 is 0 Å². The van der Waals surface area contributed by atoms with Crippen molar-refractivity contribution in [3.8, 4) is 5.75 Å². The minimum Gasteiger partial charge on any atom is -0.492 e. The van der Waals surface area contributed by atoms with Gasteiger partial charge < -0.3 is 10.5 Å². The highest BCUT2D eigenvalue weighted by Gasteiger charge is 2.20. The van der Waals surface area contributed by atoms with E-state index < -0.39 is 16.1 Å². The zero-order chi connectivity index (χ0) is 15.3. The van der Waals surface area contributed by atoms with Crippen molar-refractivity contribution in [1.82, 2.24) is 25.3 Å². The first-order valence-corrected chi connectivity index (χ1v) is 7.70. The van der Waals surface area contributed by atoms with Crippen molar-refractivity contribution in [2.75, 3.05) is 13.2 Å². The summed E-state index contributed by atoms with van der Waals surface area (Å²) < 4.78 is 32.2. The maximum absolute atomic E-state index is 12.2. The first-order valence-electron chi connectivity index (χ1n) is 6.21. The number of H-pyrrole nitrogens is 1. The number of benzene rings is 1. The van der Waals surface area contributed by atoms with Crippen molar-refractivity contribution >= 4 is 10.0 Å². The Morgan fingerprint density at radius 2 is 2.10 bits per heavy atom. The van der Waals surface area contributed by atoms with Gasteiger partial charge in [-0.05, 0) is 31.2 Å². The van der Waals surface area contributed by atoms with Gasteiger partial charge in [-0.25, -0.2) is 13.1 Å². The van der Waals surface area contributed by atoms with E-state index in [1.165, 1.54) is 12.1 Å². The largest absolute Gasteiger partial charge is 0.492 e. The lowest BCUT2D eigenvalue weighted by atomic mass is 10.3. The lowest BCUT2D eigenvalue weighted by Gasteiger charge is -2.11. The third kappa shape index (κ3) is 3.97. The second-order valence-corrected chi connectivity index (χ2v) is 5.94. The average Bonchev–Trinajstić information content (AvgIpc) is 2.99. The second-order valence-electron chi connectivity index (χ2n) is 4.22. The van der Waals surface area contributed by atoms with E-state index in [4.69, 9.17) is 10.5 Å². The van der Waals surface area contributed by atoms with E-state index in [2.05, 4.69) is 25.3 Å². The minimum atomic E-state index is -3.67. The molecule has 2 rings (SSSR count). The monoisotopic (exact) mass is 312 g/mol. The highest BCUT2D eigenvalue weighted by Crippen LogP contribution is 2.17. The molecule has 0 bridgehead atoms. The van der Waals surface area contributed by atoms with Gasteiger partial charge in [0.25, 0.3) is 0 Å². The fraction of sp³-hybridized carbons (Fsp3) is 0.364. The summed E-state index contributed by atoms with van der Waals surface area (Å²) in [6.07, 6.45) is 0. The molecule has 9 nitrogen and oxygen atoms in total. The summed E-state index contributed by atoms with van der Waals surface area (Å²) in [7, 11) is -3.67. The average molecular weight is 312 g/mol. The molecule has 0 fully saturated rings. The number of sulfonamides is 1. The summed E-state index contributed by atoms with van der Waals surface area (Å²) in [5.41, 5.74) is 5.33. The van der Waals surface area contributed by atoms with Crippen molar-refractivity contribution in [3.63, 3.8) is 0 Å². The number of ether oxygens (including phenoxy) is 1. The standard InChI is InChI=1S/C11H16N6O3S/c1-8(11-13-16-17-14-11)15-21(18,19)10-4-2-9(3-5-10)20-7-6-12/h2-5,8,15H,6-7,12H2,1H3,(H,13,14,16,17). The van der Waals surface area contributed by atoms with Crippen molar-refractivity contribution in [1.29, 1.82) is 0 Å². The summed E-state index contributed by atoms with van der Waals surface area (Å²) in [5.74, 6) is 0.826. The summed E-state index contributed by atoms with van der Waals surface area (Å²) in [5, 5.41) is 13.1. The number of hydrogen-bond acceptors (Lipinski definition) is 7. The van der Waals surface area contributed by atoms with Gasteiger partial charge in [-0.1, -0.05) is 5.21 Å². The molecule has 114 valence electrons.